The number of hydrogen-bond acceptors (Lipinski definition) is 4. The summed E-state index contributed by atoms with van der Waals surface area (Å²) in [5.41, 5.74) is 1.17. The number of aryl methyl sites for hydroxylation is 1. The molecule has 6 nitrogen and oxygen atoms in total. The van der Waals surface area contributed by atoms with Crippen molar-refractivity contribution in [2.24, 2.45) is 5.92 Å². The van der Waals surface area contributed by atoms with E-state index in [0.29, 0.717) is 11.3 Å². The maximum atomic E-state index is 11.9. The molecule has 1 aromatic heterocycles. The fraction of sp³-hybridized carbons (Fsp3) is 0.333. The SMILES string of the molecule is Cc1nc(C(=O)N2CC(C(=O)O)C2)ccc1C#N. The second-order valence-electron chi connectivity index (χ2n) is 4.19. The zero-order valence-corrected chi connectivity index (χ0v) is 9.75. The molecule has 18 heavy (non-hydrogen) atoms. The van der Waals surface area contributed by atoms with Crippen molar-refractivity contribution in [3.8, 4) is 6.07 Å². The van der Waals surface area contributed by atoms with Gasteiger partial charge in [-0.1, -0.05) is 0 Å². The van der Waals surface area contributed by atoms with Crippen LogP contribution in [0.1, 0.15) is 21.7 Å². The summed E-state index contributed by atoms with van der Waals surface area (Å²) in [7, 11) is 0. The van der Waals surface area contributed by atoms with Crippen molar-refractivity contribution < 1.29 is 14.7 Å². The Kier molecular flexibility index (Phi) is 2.98. The Labute approximate surface area is 103 Å². The van der Waals surface area contributed by atoms with Crippen LogP contribution in [-0.2, 0) is 4.79 Å². The molecule has 0 aromatic carbocycles. The van der Waals surface area contributed by atoms with Crippen molar-refractivity contribution >= 4 is 11.9 Å². The van der Waals surface area contributed by atoms with Gasteiger partial charge >= 0.3 is 5.97 Å². The molecule has 6 heteroatoms. The number of carbonyl (C=O) groups excluding carboxylic acids is 1. The van der Waals surface area contributed by atoms with Gasteiger partial charge in [-0.15, -0.1) is 0 Å². The third-order valence-corrected chi connectivity index (χ3v) is 2.94. The third-order valence-electron chi connectivity index (χ3n) is 2.94. The number of pyridine rings is 1. The van der Waals surface area contributed by atoms with E-state index in [4.69, 9.17) is 10.4 Å². The highest BCUT2D eigenvalue weighted by Crippen LogP contribution is 2.18. The maximum absolute atomic E-state index is 11.9. The van der Waals surface area contributed by atoms with Gasteiger partial charge in [0.05, 0.1) is 17.2 Å². The second kappa shape index (κ2) is 4.45. The van der Waals surface area contributed by atoms with Crippen LogP contribution in [0.25, 0.3) is 0 Å². The third kappa shape index (κ3) is 2.02. The second-order valence-corrected chi connectivity index (χ2v) is 4.19. The summed E-state index contributed by atoms with van der Waals surface area (Å²) in [6.07, 6.45) is 0. The number of nitriles is 1. The number of carboxylic acids is 1. The molecule has 1 N–H and O–H groups in total. The van der Waals surface area contributed by atoms with Gasteiger partial charge in [0.2, 0.25) is 0 Å². The number of amides is 1. The van der Waals surface area contributed by atoms with Crippen molar-refractivity contribution in [3.63, 3.8) is 0 Å². The van der Waals surface area contributed by atoms with Crippen molar-refractivity contribution in [1.82, 2.24) is 9.88 Å². The van der Waals surface area contributed by atoms with E-state index in [-0.39, 0.29) is 24.7 Å². The number of nitrogens with zero attached hydrogens (tertiary/aromatic N) is 3. The predicted molar refractivity (Wildman–Crippen MR) is 60.7 cm³/mol. The Morgan fingerprint density at radius 2 is 2.17 bits per heavy atom. The Morgan fingerprint density at radius 1 is 1.50 bits per heavy atom. The van der Waals surface area contributed by atoms with Gasteiger partial charge < -0.3 is 10.0 Å². The lowest BCUT2D eigenvalue weighted by molar-refractivity contribution is -0.146. The fourth-order valence-corrected chi connectivity index (χ4v) is 1.76. The Hall–Kier alpha value is -2.42. The standard InChI is InChI=1S/C12H11N3O3/c1-7-8(4-13)2-3-10(14-7)11(16)15-5-9(6-15)12(17)18/h2-3,9H,5-6H2,1H3,(H,17,18). The summed E-state index contributed by atoms with van der Waals surface area (Å²) in [6.45, 7) is 2.09. The smallest absolute Gasteiger partial charge is 0.310 e. The van der Waals surface area contributed by atoms with Crippen molar-refractivity contribution in [2.75, 3.05) is 13.1 Å². The lowest BCUT2D eigenvalue weighted by Gasteiger charge is -2.36. The minimum Gasteiger partial charge on any atom is -0.481 e. The molecule has 0 atom stereocenters. The molecule has 0 bridgehead atoms. The maximum Gasteiger partial charge on any atom is 0.310 e. The lowest BCUT2D eigenvalue weighted by atomic mass is 10.00. The van der Waals surface area contributed by atoms with Gasteiger partial charge in [-0.3, -0.25) is 9.59 Å². The van der Waals surface area contributed by atoms with Crippen LogP contribution in [0.5, 0.6) is 0 Å². The first kappa shape index (κ1) is 12.0. The molecule has 1 fully saturated rings. The monoisotopic (exact) mass is 245 g/mol. The van der Waals surface area contributed by atoms with Crippen LogP contribution in [0.3, 0.4) is 0 Å². The van der Waals surface area contributed by atoms with Gasteiger partial charge in [0.25, 0.3) is 5.91 Å². The molecule has 1 saturated heterocycles. The summed E-state index contributed by atoms with van der Waals surface area (Å²) in [6, 6.07) is 5.01. The molecule has 0 aliphatic carbocycles. The summed E-state index contributed by atoms with van der Waals surface area (Å²) < 4.78 is 0. The highest BCUT2D eigenvalue weighted by atomic mass is 16.4. The van der Waals surface area contributed by atoms with Crippen molar-refractivity contribution in [3.05, 3.63) is 29.1 Å². The molecule has 0 unspecified atom stereocenters. The Balaban J connectivity index is 2.10. The fourth-order valence-electron chi connectivity index (χ4n) is 1.76. The van der Waals surface area contributed by atoms with Gasteiger partial charge in [0.15, 0.2) is 0 Å². The van der Waals surface area contributed by atoms with Crippen LogP contribution in [0.15, 0.2) is 12.1 Å². The number of likely N-dealkylation sites (tertiary alicyclic amines) is 1. The molecule has 1 amide bonds. The van der Waals surface area contributed by atoms with Gasteiger partial charge in [-0.2, -0.15) is 5.26 Å². The summed E-state index contributed by atoms with van der Waals surface area (Å²) >= 11 is 0. The minimum atomic E-state index is -0.886. The summed E-state index contributed by atoms with van der Waals surface area (Å²) in [5.74, 6) is -1.66. The van der Waals surface area contributed by atoms with E-state index in [0.717, 1.165) is 0 Å². The van der Waals surface area contributed by atoms with E-state index in [1.165, 1.54) is 11.0 Å². The number of aromatic nitrogens is 1. The quantitative estimate of drug-likeness (QED) is 0.814. The van der Waals surface area contributed by atoms with Gasteiger partial charge in [-0.05, 0) is 19.1 Å². The first-order chi connectivity index (χ1) is 8.52. The van der Waals surface area contributed by atoms with Gasteiger partial charge in [0, 0.05) is 13.1 Å². The molecule has 0 radical (unpaired) electrons. The van der Waals surface area contributed by atoms with Gasteiger partial charge in [-0.25, -0.2) is 4.98 Å². The van der Waals surface area contributed by atoms with E-state index in [9.17, 15) is 9.59 Å². The van der Waals surface area contributed by atoms with E-state index >= 15 is 0 Å². The molecule has 1 aromatic rings. The molecule has 92 valence electrons. The van der Waals surface area contributed by atoms with Crippen molar-refractivity contribution in [2.45, 2.75) is 6.92 Å². The molecular formula is C12H11N3O3. The van der Waals surface area contributed by atoms with E-state index < -0.39 is 11.9 Å². The normalized spacial score (nSPS) is 14.8. The molecule has 2 heterocycles. The minimum absolute atomic E-state index is 0.217. The zero-order chi connectivity index (χ0) is 13.3. The number of carbonyl (C=O) groups is 2. The average Bonchev–Trinajstić information content (AvgIpc) is 2.26. The number of hydrogen-bond donors (Lipinski definition) is 1. The van der Waals surface area contributed by atoms with Crippen LogP contribution in [-0.4, -0.2) is 40.0 Å². The average molecular weight is 245 g/mol. The van der Waals surface area contributed by atoms with Crippen molar-refractivity contribution in [1.29, 1.82) is 5.26 Å². The van der Waals surface area contributed by atoms with Crippen LogP contribution in [0, 0.1) is 24.2 Å². The molecule has 0 saturated carbocycles. The number of carboxylic acid groups (broad SMARTS) is 1. The van der Waals surface area contributed by atoms with Crippen LogP contribution in [0.4, 0.5) is 0 Å². The number of rotatable bonds is 2. The molecule has 1 aliphatic rings. The van der Waals surface area contributed by atoms with Crippen LogP contribution < -0.4 is 0 Å². The first-order valence-corrected chi connectivity index (χ1v) is 5.42. The zero-order valence-electron chi connectivity index (χ0n) is 9.75. The largest absolute Gasteiger partial charge is 0.481 e. The Bertz CT molecular complexity index is 556. The summed E-state index contributed by atoms with van der Waals surface area (Å²) in [5, 5.41) is 17.5. The molecule has 2 rings (SSSR count). The van der Waals surface area contributed by atoms with Crippen LogP contribution >= 0.6 is 0 Å². The number of aliphatic carboxylic acids is 1. The molecule has 1 aliphatic heterocycles. The van der Waals surface area contributed by atoms with Gasteiger partial charge in [0.1, 0.15) is 11.8 Å². The van der Waals surface area contributed by atoms with E-state index in [1.54, 1.807) is 13.0 Å². The Morgan fingerprint density at radius 3 is 2.67 bits per heavy atom. The molecular weight excluding hydrogens is 234 g/mol. The predicted octanol–water partition coefficient (Wildman–Crippen LogP) is 0.418. The van der Waals surface area contributed by atoms with Crippen LogP contribution in [0.2, 0.25) is 0 Å². The van der Waals surface area contributed by atoms with E-state index in [2.05, 4.69) is 4.98 Å². The lowest BCUT2D eigenvalue weighted by Crippen LogP contribution is -2.53. The first-order valence-electron chi connectivity index (χ1n) is 5.42. The highest BCUT2D eigenvalue weighted by Gasteiger charge is 2.36. The highest BCUT2D eigenvalue weighted by molar-refractivity contribution is 5.94. The molecule has 0 spiro atoms. The topological polar surface area (TPSA) is 94.3 Å². The summed E-state index contributed by atoms with van der Waals surface area (Å²) in [4.78, 5) is 28.1. The van der Waals surface area contributed by atoms with E-state index in [1.807, 2.05) is 6.07 Å².